The molecule has 2 N–H and O–H groups in total. The topological polar surface area (TPSA) is 77.2 Å². The third-order valence-electron chi connectivity index (χ3n) is 3.10. The molecule has 1 fully saturated rings. The van der Waals surface area contributed by atoms with Crippen LogP contribution in [-0.2, 0) is 0 Å². The molecule has 0 bridgehead atoms. The number of anilines is 2. The van der Waals surface area contributed by atoms with Crippen LogP contribution < -0.4 is 15.4 Å². The van der Waals surface area contributed by atoms with E-state index in [2.05, 4.69) is 30.9 Å². The van der Waals surface area contributed by atoms with E-state index in [1.54, 1.807) is 6.07 Å². The van der Waals surface area contributed by atoms with Crippen LogP contribution in [-0.4, -0.2) is 28.0 Å². The van der Waals surface area contributed by atoms with Crippen LogP contribution in [0.2, 0.25) is 0 Å². The summed E-state index contributed by atoms with van der Waals surface area (Å²) in [6.07, 6.45) is 2.19. The molecule has 2 heterocycles. The van der Waals surface area contributed by atoms with E-state index in [0.717, 1.165) is 25.9 Å². The quantitative estimate of drug-likeness (QED) is 0.913. The van der Waals surface area contributed by atoms with E-state index in [9.17, 15) is 4.39 Å². The van der Waals surface area contributed by atoms with E-state index in [1.165, 1.54) is 12.1 Å². The molecule has 1 aliphatic heterocycles. The fourth-order valence-corrected chi connectivity index (χ4v) is 2.45. The first-order valence-corrected chi connectivity index (χ1v) is 7.30. The van der Waals surface area contributed by atoms with Gasteiger partial charge in [-0.1, -0.05) is 0 Å². The molecule has 0 unspecified atom stereocenters. The van der Waals surface area contributed by atoms with E-state index in [0.29, 0.717) is 10.4 Å². The lowest BCUT2D eigenvalue weighted by Gasteiger charge is -2.15. The maximum atomic E-state index is 13.3. The largest absolute Gasteiger partial charge is 0.423 e. The Morgan fingerprint density at radius 2 is 1.95 bits per heavy atom. The average Bonchev–Trinajstić information content (AvgIpc) is 2.96. The van der Waals surface area contributed by atoms with E-state index in [4.69, 9.17) is 10.5 Å². The number of nitrogens with zero attached hydrogens (tertiary/aromatic N) is 4. The molecule has 1 saturated heterocycles. The van der Waals surface area contributed by atoms with Crippen molar-refractivity contribution in [3.05, 3.63) is 28.5 Å². The Morgan fingerprint density at radius 1 is 1.19 bits per heavy atom. The zero-order valence-electron chi connectivity index (χ0n) is 11.1. The van der Waals surface area contributed by atoms with Crippen LogP contribution in [0.15, 0.2) is 22.7 Å². The molecule has 8 heteroatoms. The summed E-state index contributed by atoms with van der Waals surface area (Å²) < 4.78 is 19.4. The van der Waals surface area contributed by atoms with E-state index >= 15 is 0 Å². The smallest absolute Gasteiger partial charge is 0.328 e. The Kier molecular flexibility index (Phi) is 3.87. The number of hydrogen-bond donors (Lipinski definition) is 1. The Bertz CT molecular complexity index is 663. The average molecular weight is 354 g/mol. The Hall–Kier alpha value is -1.96. The summed E-state index contributed by atoms with van der Waals surface area (Å²) in [5.74, 6) is 0.444. The summed E-state index contributed by atoms with van der Waals surface area (Å²) in [6.45, 7) is 1.76. The van der Waals surface area contributed by atoms with Gasteiger partial charge in [0.15, 0.2) is 0 Å². The number of nitrogens with two attached hydrogens (primary N) is 1. The van der Waals surface area contributed by atoms with Gasteiger partial charge in [0.2, 0.25) is 11.9 Å². The van der Waals surface area contributed by atoms with Crippen LogP contribution >= 0.6 is 15.9 Å². The van der Waals surface area contributed by atoms with E-state index in [1.807, 2.05) is 4.90 Å². The third-order valence-corrected chi connectivity index (χ3v) is 3.76. The highest BCUT2D eigenvalue weighted by molar-refractivity contribution is 9.10. The lowest BCUT2D eigenvalue weighted by atomic mass is 10.3. The van der Waals surface area contributed by atoms with Gasteiger partial charge in [-0.3, -0.25) is 0 Å². The lowest BCUT2D eigenvalue weighted by molar-refractivity contribution is 0.434. The Balaban J connectivity index is 1.89. The minimum Gasteiger partial charge on any atom is -0.423 e. The van der Waals surface area contributed by atoms with Crippen molar-refractivity contribution < 1.29 is 9.13 Å². The van der Waals surface area contributed by atoms with Crippen molar-refractivity contribution in [1.82, 2.24) is 15.0 Å². The molecule has 1 aromatic heterocycles. The van der Waals surface area contributed by atoms with Gasteiger partial charge in [0, 0.05) is 19.2 Å². The number of aromatic nitrogens is 3. The number of rotatable bonds is 3. The zero-order valence-corrected chi connectivity index (χ0v) is 12.7. The summed E-state index contributed by atoms with van der Waals surface area (Å²) in [5.41, 5.74) is 5.69. The maximum Gasteiger partial charge on any atom is 0.328 e. The molecule has 110 valence electrons. The van der Waals surface area contributed by atoms with Gasteiger partial charge in [0.25, 0.3) is 0 Å². The van der Waals surface area contributed by atoms with Gasteiger partial charge in [0.1, 0.15) is 11.6 Å². The number of benzene rings is 1. The van der Waals surface area contributed by atoms with Gasteiger partial charge in [-0.05, 0) is 40.9 Å². The minimum atomic E-state index is -0.407. The molecule has 2 aromatic rings. The van der Waals surface area contributed by atoms with Crippen LogP contribution in [0.5, 0.6) is 11.8 Å². The normalized spacial score (nSPS) is 14.5. The number of nitrogen functional groups attached to an aromatic ring is 1. The molecule has 21 heavy (non-hydrogen) atoms. The van der Waals surface area contributed by atoms with Crippen molar-refractivity contribution in [1.29, 1.82) is 0 Å². The number of ether oxygens (including phenoxy) is 1. The first-order chi connectivity index (χ1) is 10.1. The number of hydrogen-bond acceptors (Lipinski definition) is 6. The van der Waals surface area contributed by atoms with Gasteiger partial charge >= 0.3 is 6.01 Å². The van der Waals surface area contributed by atoms with Crippen LogP contribution in [0.4, 0.5) is 16.3 Å². The number of halogens is 2. The molecule has 0 atom stereocenters. The van der Waals surface area contributed by atoms with E-state index < -0.39 is 5.82 Å². The fourth-order valence-electron chi connectivity index (χ4n) is 2.12. The SMILES string of the molecule is Nc1nc(Oc2cc(F)ccc2Br)nc(N2CCCC2)n1. The molecular weight excluding hydrogens is 341 g/mol. The first-order valence-electron chi connectivity index (χ1n) is 6.51. The van der Waals surface area contributed by atoms with Crippen molar-refractivity contribution in [2.75, 3.05) is 23.7 Å². The van der Waals surface area contributed by atoms with Gasteiger partial charge in [-0.25, -0.2) is 4.39 Å². The van der Waals surface area contributed by atoms with Crippen molar-refractivity contribution in [3.63, 3.8) is 0 Å². The summed E-state index contributed by atoms with van der Waals surface area (Å²) in [4.78, 5) is 14.3. The molecular formula is C13H13BrFN5O. The van der Waals surface area contributed by atoms with Crippen LogP contribution in [0.25, 0.3) is 0 Å². The Labute approximate surface area is 129 Å². The van der Waals surface area contributed by atoms with Crippen LogP contribution in [0.1, 0.15) is 12.8 Å². The maximum absolute atomic E-state index is 13.3. The molecule has 0 spiro atoms. The van der Waals surface area contributed by atoms with Gasteiger partial charge in [0.05, 0.1) is 4.47 Å². The van der Waals surface area contributed by atoms with Crippen molar-refractivity contribution in [2.24, 2.45) is 0 Å². The van der Waals surface area contributed by atoms with E-state index in [-0.39, 0.29) is 17.7 Å². The van der Waals surface area contributed by atoms with Crippen molar-refractivity contribution >= 4 is 27.8 Å². The second-order valence-electron chi connectivity index (χ2n) is 4.65. The lowest BCUT2D eigenvalue weighted by Crippen LogP contribution is -2.21. The predicted molar refractivity (Wildman–Crippen MR) is 79.9 cm³/mol. The van der Waals surface area contributed by atoms with Crippen molar-refractivity contribution in [3.8, 4) is 11.8 Å². The molecule has 1 aliphatic rings. The summed E-state index contributed by atoms with van der Waals surface area (Å²) in [6, 6.07) is 4.18. The monoisotopic (exact) mass is 353 g/mol. The molecule has 0 radical (unpaired) electrons. The molecule has 0 saturated carbocycles. The van der Waals surface area contributed by atoms with Gasteiger partial charge in [-0.2, -0.15) is 15.0 Å². The zero-order chi connectivity index (χ0) is 14.8. The summed E-state index contributed by atoms with van der Waals surface area (Å²) in [7, 11) is 0. The third kappa shape index (κ3) is 3.21. The second-order valence-corrected chi connectivity index (χ2v) is 5.50. The molecule has 0 aliphatic carbocycles. The van der Waals surface area contributed by atoms with Crippen LogP contribution in [0.3, 0.4) is 0 Å². The first kappa shape index (κ1) is 14.0. The van der Waals surface area contributed by atoms with Gasteiger partial charge in [-0.15, -0.1) is 0 Å². The summed E-state index contributed by atoms with van der Waals surface area (Å²) in [5, 5.41) is 0. The minimum absolute atomic E-state index is 0.0516. The van der Waals surface area contributed by atoms with Crippen molar-refractivity contribution in [2.45, 2.75) is 12.8 Å². The Morgan fingerprint density at radius 3 is 2.71 bits per heavy atom. The summed E-state index contributed by atoms with van der Waals surface area (Å²) >= 11 is 3.29. The molecule has 6 nitrogen and oxygen atoms in total. The predicted octanol–water partition coefficient (Wildman–Crippen LogP) is 2.75. The molecule has 1 aromatic carbocycles. The highest BCUT2D eigenvalue weighted by atomic mass is 79.9. The molecule has 3 rings (SSSR count). The van der Waals surface area contributed by atoms with Crippen LogP contribution in [0, 0.1) is 5.82 Å². The molecule has 0 amide bonds. The van der Waals surface area contributed by atoms with Gasteiger partial charge < -0.3 is 15.4 Å². The fraction of sp³-hybridized carbons (Fsp3) is 0.308. The highest BCUT2D eigenvalue weighted by Crippen LogP contribution is 2.29. The second kappa shape index (κ2) is 5.80. The highest BCUT2D eigenvalue weighted by Gasteiger charge is 2.18. The standard InChI is InChI=1S/C13H13BrFN5O/c14-9-4-3-8(15)7-10(9)21-13-18-11(16)17-12(19-13)20-5-1-2-6-20/h3-4,7H,1-2,5-6H2,(H2,16,17,18,19).